The van der Waals surface area contributed by atoms with E-state index >= 15 is 0 Å². The summed E-state index contributed by atoms with van der Waals surface area (Å²) < 4.78 is 7.42. The number of nitrogens with zero attached hydrogens (tertiary/aromatic N) is 3. The molecule has 1 saturated heterocycles. The zero-order chi connectivity index (χ0) is 18.6. The molecule has 1 amide bonds. The number of aryl methyl sites for hydroxylation is 1. The molecule has 0 spiro atoms. The van der Waals surface area contributed by atoms with E-state index in [9.17, 15) is 4.79 Å². The summed E-state index contributed by atoms with van der Waals surface area (Å²) in [7, 11) is 1.67. The average Bonchev–Trinajstić information content (AvgIpc) is 3.15. The van der Waals surface area contributed by atoms with Crippen molar-refractivity contribution in [3.8, 4) is 5.75 Å². The first kappa shape index (κ1) is 17.5. The van der Waals surface area contributed by atoms with E-state index < -0.39 is 0 Å². The van der Waals surface area contributed by atoms with Crippen LogP contribution in [0.1, 0.15) is 6.42 Å². The van der Waals surface area contributed by atoms with Gasteiger partial charge in [-0.1, -0.05) is 18.2 Å². The fourth-order valence-corrected chi connectivity index (χ4v) is 3.73. The third kappa shape index (κ3) is 3.77. The predicted molar refractivity (Wildman–Crippen MR) is 108 cm³/mol. The van der Waals surface area contributed by atoms with Crippen molar-refractivity contribution < 1.29 is 9.53 Å². The Balaban J connectivity index is 1.33. The number of piperazine rings is 1. The molecule has 1 fully saturated rings. The summed E-state index contributed by atoms with van der Waals surface area (Å²) >= 11 is 0. The summed E-state index contributed by atoms with van der Waals surface area (Å²) in [6.45, 7) is 4.06. The second-order valence-corrected chi connectivity index (χ2v) is 6.89. The van der Waals surface area contributed by atoms with Gasteiger partial charge in [-0.15, -0.1) is 0 Å². The molecule has 140 valence electrons. The summed E-state index contributed by atoms with van der Waals surface area (Å²) in [5, 5.41) is 1.14. The van der Waals surface area contributed by atoms with Crippen LogP contribution in [0.25, 0.3) is 10.9 Å². The van der Waals surface area contributed by atoms with Crippen molar-refractivity contribution >= 4 is 22.5 Å². The molecule has 1 aliphatic heterocycles. The normalized spacial score (nSPS) is 14.6. The Morgan fingerprint density at radius 2 is 1.78 bits per heavy atom. The Morgan fingerprint density at radius 3 is 2.52 bits per heavy atom. The fraction of sp³-hybridized carbons (Fsp3) is 0.318. The van der Waals surface area contributed by atoms with Crippen LogP contribution in [-0.2, 0) is 11.3 Å². The largest absolute Gasteiger partial charge is 0.497 e. The molecule has 27 heavy (non-hydrogen) atoms. The Morgan fingerprint density at radius 1 is 1.00 bits per heavy atom. The number of benzene rings is 2. The number of amides is 1. The lowest BCUT2D eigenvalue weighted by atomic mass is 10.2. The van der Waals surface area contributed by atoms with Gasteiger partial charge in [0, 0.05) is 61.9 Å². The predicted octanol–water partition coefficient (Wildman–Crippen LogP) is 3.39. The van der Waals surface area contributed by atoms with Crippen LogP contribution >= 0.6 is 0 Å². The number of anilines is 1. The highest BCUT2D eigenvalue weighted by Crippen LogP contribution is 2.22. The van der Waals surface area contributed by atoms with Gasteiger partial charge in [-0.3, -0.25) is 4.79 Å². The highest BCUT2D eigenvalue weighted by molar-refractivity contribution is 5.82. The molecular formula is C22H25N3O2. The number of para-hydroxylation sites is 1. The molecule has 0 aliphatic carbocycles. The molecular weight excluding hydrogens is 338 g/mol. The maximum atomic E-state index is 12.6. The van der Waals surface area contributed by atoms with Crippen LogP contribution in [0.3, 0.4) is 0 Å². The maximum Gasteiger partial charge on any atom is 0.224 e. The Kier molecular flexibility index (Phi) is 5.01. The van der Waals surface area contributed by atoms with Gasteiger partial charge in [-0.05, 0) is 36.4 Å². The molecule has 1 aliphatic rings. The Bertz CT molecular complexity index is 912. The van der Waals surface area contributed by atoms with E-state index in [4.69, 9.17) is 4.74 Å². The first-order valence-corrected chi connectivity index (χ1v) is 9.45. The zero-order valence-corrected chi connectivity index (χ0v) is 15.7. The minimum absolute atomic E-state index is 0.234. The highest BCUT2D eigenvalue weighted by atomic mass is 16.5. The lowest BCUT2D eigenvalue weighted by Crippen LogP contribution is -2.48. The van der Waals surface area contributed by atoms with Crippen LogP contribution in [0.2, 0.25) is 0 Å². The summed E-state index contributed by atoms with van der Waals surface area (Å²) in [6.07, 6.45) is 2.58. The minimum atomic E-state index is 0.234. The van der Waals surface area contributed by atoms with E-state index in [1.54, 1.807) is 7.11 Å². The van der Waals surface area contributed by atoms with E-state index in [0.29, 0.717) is 13.0 Å². The lowest BCUT2D eigenvalue weighted by molar-refractivity contribution is -0.131. The average molecular weight is 363 g/mol. The van der Waals surface area contributed by atoms with Gasteiger partial charge in [-0.25, -0.2) is 0 Å². The molecule has 3 aromatic rings. The standard InChI is InChI=1S/C22H25N3O2/c1-27-20-7-8-21-18(17-20)9-11-24(21)12-10-22(26)25-15-13-23(14-16-25)19-5-3-2-4-6-19/h2-9,11,17H,10,12-16H2,1H3. The van der Waals surface area contributed by atoms with Crippen molar-refractivity contribution in [3.63, 3.8) is 0 Å². The Hall–Kier alpha value is -2.95. The summed E-state index contributed by atoms with van der Waals surface area (Å²) in [6, 6.07) is 18.5. The van der Waals surface area contributed by atoms with E-state index in [2.05, 4.69) is 45.9 Å². The quantitative estimate of drug-likeness (QED) is 0.697. The van der Waals surface area contributed by atoms with Gasteiger partial charge >= 0.3 is 0 Å². The number of rotatable bonds is 5. The first-order valence-electron chi connectivity index (χ1n) is 9.45. The number of carbonyl (C=O) groups is 1. The van der Waals surface area contributed by atoms with E-state index in [0.717, 1.165) is 42.8 Å². The molecule has 0 bridgehead atoms. The number of carbonyl (C=O) groups excluding carboxylic acids is 1. The number of methoxy groups -OCH3 is 1. The van der Waals surface area contributed by atoms with Crippen molar-refractivity contribution in [3.05, 3.63) is 60.8 Å². The minimum Gasteiger partial charge on any atom is -0.497 e. The molecule has 0 N–H and O–H groups in total. The first-order chi connectivity index (χ1) is 13.2. The Labute approximate surface area is 159 Å². The molecule has 1 aromatic heterocycles. The summed E-state index contributed by atoms with van der Waals surface area (Å²) in [4.78, 5) is 17.0. The van der Waals surface area contributed by atoms with Gasteiger partial charge in [0.05, 0.1) is 7.11 Å². The van der Waals surface area contributed by atoms with Crippen LogP contribution in [0.5, 0.6) is 5.75 Å². The molecule has 0 atom stereocenters. The number of aromatic nitrogens is 1. The van der Waals surface area contributed by atoms with Crippen molar-refractivity contribution in [1.29, 1.82) is 0 Å². The van der Waals surface area contributed by atoms with Crippen molar-refractivity contribution in [2.24, 2.45) is 0 Å². The number of ether oxygens (including phenoxy) is 1. The SMILES string of the molecule is COc1ccc2c(ccn2CCC(=O)N2CCN(c3ccccc3)CC2)c1. The lowest BCUT2D eigenvalue weighted by Gasteiger charge is -2.36. The molecule has 4 rings (SSSR count). The fourth-order valence-electron chi connectivity index (χ4n) is 3.73. The second kappa shape index (κ2) is 7.74. The molecule has 0 unspecified atom stereocenters. The van der Waals surface area contributed by atoms with Crippen LogP contribution in [0, 0.1) is 0 Å². The monoisotopic (exact) mass is 363 g/mol. The van der Waals surface area contributed by atoms with Crippen LogP contribution in [0.4, 0.5) is 5.69 Å². The second-order valence-electron chi connectivity index (χ2n) is 6.89. The van der Waals surface area contributed by atoms with Gasteiger partial charge in [0.1, 0.15) is 5.75 Å². The van der Waals surface area contributed by atoms with E-state index in [1.165, 1.54) is 5.69 Å². The van der Waals surface area contributed by atoms with Crippen LogP contribution < -0.4 is 9.64 Å². The highest BCUT2D eigenvalue weighted by Gasteiger charge is 2.21. The molecule has 5 nitrogen and oxygen atoms in total. The molecule has 2 heterocycles. The third-order valence-electron chi connectivity index (χ3n) is 5.30. The van der Waals surface area contributed by atoms with Crippen LogP contribution in [0.15, 0.2) is 60.8 Å². The smallest absolute Gasteiger partial charge is 0.224 e. The molecule has 2 aromatic carbocycles. The van der Waals surface area contributed by atoms with Crippen molar-refractivity contribution in [2.75, 3.05) is 38.2 Å². The van der Waals surface area contributed by atoms with E-state index in [1.807, 2.05) is 29.3 Å². The molecule has 5 heteroatoms. The number of hydrogen-bond donors (Lipinski definition) is 0. The van der Waals surface area contributed by atoms with Crippen LogP contribution in [-0.4, -0.2) is 48.7 Å². The number of fused-ring (bicyclic) bond motifs is 1. The van der Waals surface area contributed by atoms with Gasteiger partial charge in [0.25, 0.3) is 0 Å². The summed E-state index contributed by atoms with van der Waals surface area (Å²) in [5.74, 6) is 1.09. The third-order valence-corrected chi connectivity index (χ3v) is 5.30. The van der Waals surface area contributed by atoms with Gasteiger partial charge in [0.2, 0.25) is 5.91 Å². The summed E-state index contributed by atoms with van der Waals surface area (Å²) in [5.41, 5.74) is 2.37. The molecule has 0 radical (unpaired) electrons. The number of hydrogen-bond acceptors (Lipinski definition) is 3. The van der Waals surface area contributed by atoms with Gasteiger partial charge in [-0.2, -0.15) is 0 Å². The van der Waals surface area contributed by atoms with Gasteiger partial charge < -0.3 is 19.1 Å². The topological polar surface area (TPSA) is 37.7 Å². The zero-order valence-electron chi connectivity index (χ0n) is 15.7. The van der Waals surface area contributed by atoms with Crippen molar-refractivity contribution in [2.45, 2.75) is 13.0 Å². The van der Waals surface area contributed by atoms with Gasteiger partial charge in [0.15, 0.2) is 0 Å². The van der Waals surface area contributed by atoms with Crippen molar-refractivity contribution in [1.82, 2.24) is 9.47 Å². The van der Waals surface area contributed by atoms with E-state index in [-0.39, 0.29) is 5.91 Å². The molecule has 0 saturated carbocycles. The maximum absolute atomic E-state index is 12.6.